The highest BCUT2D eigenvalue weighted by molar-refractivity contribution is 6.03. The van der Waals surface area contributed by atoms with Gasteiger partial charge in [0.25, 0.3) is 5.91 Å². The van der Waals surface area contributed by atoms with Gasteiger partial charge in [-0.3, -0.25) is 14.5 Å². The van der Waals surface area contributed by atoms with Crippen LogP contribution in [0.5, 0.6) is 0 Å². The third-order valence-corrected chi connectivity index (χ3v) is 8.08. The van der Waals surface area contributed by atoms with E-state index in [0.717, 1.165) is 65.1 Å². The second-order valence-corrected chi connectivity index (χ2v) is 10.9. The number of rotatable bonds is 5. The van der Waals surface area contributed by atoms with E-state index >= 15 is 0 Å². The zero-order valence-electron chi connectivity index (χ0n) is 23.7. The smallest absolute Gasteiger partial charge is 0.255 e. The van der Waals surface area contributed by atoms with Gasteiger partial charge >= 0.3 is 0 Å². The first-order valence-corrected chi connectivity index (χ1v) is 13.9. The van der Waals surface area contributed by atoms with Crippen LogP contribution in [-0.4, -0.2) is 60.5 Å². The molecule has 0 saturated carbocycles. The number of piperidine rings is 1. The number of aromatic nitrogens is 1. The number of piperazine rings is 1. The van der Waals surface area contributed by atoms with Gasteiger partial charge < -0.3 is 15.1 Å². The van der Waals surface area contributed by atoms with Crippen LogP contribution in [0.15, 0.2) is 48.7 Å². The van der Waals surface area contributed by atoms with Crippen molar-refractivity contribution in [1.82, 2.24) is 9.88 Å². The molecule has 2 amide bonds. The Labute approximate surface area is 236 Å². The van der Waals surface area contributed by atoms with Crippen LogP contribution in [0.4, 0.5) is 17.2 Å². The van der Waals surface area contributed by atoms with Crippen LogP contribution in [0, 0.1) is 39.0 Å². The van der Waals surface area contributed by atoms with E-state index in [0.29, 0.717) is 24.5 Å². The monoisotopic (exact) mass is 536 g/mol. The minimum atomic E-state index is -0.126. The van der Waals surface area contributed by atoms with Crippen molar-refractivity contribution in [2.45, 2.75) is 46.6 Å². The summed E-state index contributed by atoms with van der Waals surface area (Å²) >= 11 is 0. The lowest BCUT2D eigenvalue weighted by Gasteiger charge is -2.36. The van der Waals surface area contributed by atoms with Crippen molar-refractivity contribution in [2.75, 3.05) is 47.8 Å². The highest BCUT2D eigenvalue weighted by Crippen LogP contribution is 2.32. The number of hydrogen-bond donors (Lipinski definition) is 1. The standard InChI is InChI=1S/C32H36N6O2/c1-21-8-9-27(25(17-21)19-33)36-13-10-26(11-14-36)35-31-23(3)18-22(2)30(24(31)4)32(40)37-15-16-38(29(39)20-37)28-7-5-6-12-34-28/h5-9,12,17-18,26,35H,10-11,13-16,20H2,1-4H3. The molecule has 2 saturated heterocycles. The summed E-state index contributed by atoms with van der Waals surface area (Å²) in [5, 5.41) is 13.3. The first-order valence-electron chi connectivity index (χ1n) is 13.9. The number of amides is 2. The molecule has 0 radical (unpaired) electrons. The first kappa shape index (κ1) is 27.2. The Morgan fingerprint density at radius 3 is 2.45 bits per heavy atom. The van der Waals surface area contributed by atoms with Gasteiger partial charge in [-0.15, -0.1) is 0 Å². The maximum absolute atomic E-state index is 13.7. The van der Waals surface area contributed by atoms with Gasteiger partial charge in [0, 0.05) is 49.7 Å². The first-order chi connectivity index (χ1) is 19.3. The molecule has 0 atom stereocenters. The van der Waals surface area contributed by atoms with Crippen LogP contribution in [0.2, 0.25) is 0 Å². The van der Waals surface area contributed by atoms with E-state index in [9.17, 15) is 14.9 Å². The lowest BCUT2D eigenvalue weighted by atomic mass is 9.94. The average Bonchev–Trinajstić information content (AvgIpc) is 2.95. The molecule has 2 aromatic carbocycles. The molecule has 0 spiro atoms. The molecule has 8 heteroatoms. The number of nitriles is 1. The molecule has 1 N–H and O–H groups in total. The van der Waals surface area contributed by atoms with E-state index in [-0.39, 0.29) is 24.4 Å². The summed E-state index contributed by atoms with van der Waals surface area (Å²) in [5.41, 5.74) is 7.43. The number of nitrogens with one attached hydrogen (secondary N) is 1. The van der Waals surface area contributed by atoms with Crippen LogP contribution >= 0.6 is 0 Å². The molecule has 0 aliphatic carbocycles. The Bertz CT molecular complexity index is 1470. The topological polar surface area (TPSA) is 92.6 Å². The third-order valence-electron chi connectivity index (χ3n) is 8.08. The minimum absolute atomic E-state index is 0.0348. The maximum Gasteiger partial charge on any atom is 0.255 e. The molecule has 206 valence electrons. The van der Waals surface area contributed by atoms with Gasteiger partial charge in [-0.2, -0.15) is 5.26 Å². The summed E-state index contributed by atoms with van der Waals surface area (Å²) in [7, 11) is 0. The molecule has 2 aliphatic heterocycles. The van der Waals surface area contributed by atoms with Gasteiger partial charge in [0.05, 0.1) is 11.3 Å². The summed E-state index contributed by atoms with van der Waals surface area (Å²) < 4.78 is 0. The summed E-state index contributed by atoms with van der Waals surface area (Å²) in [6.45, 7) is 10.7. The van der Waals surface area contributed by atoms with E-state index in [4.69, 9.17) is 0 Å². The third kappa shape index (κ3) is 5.37. The number of pyridine rings is 1. The average molecular weight is 537 g/mol. The molecule has 1 aromatic heterocycles. The van der Waals surface area contributed by atoms with Crippen molar-refractivity contribution in [1.29, 1.82) is 5.26 Å². The van der Waals surface area contributed by atoms with Gasteiger partial charge in [-0.1, -0.05) is 18.2 Å². The summed E-state index contributed by atoms with van der Waals surface area (Å²) in [6.07, 6.45) is 3.53. The van der Waals surface area contributed by atoms with Gasteiger partial charge in [-0.25, -0.2) is 4.98 Å². The highest BCUT2D eigenvalue weighted by Gasteiger charge is 2.31. The largest absolute Gasteiger partial charge is 0.382 e. The zero-order chi connectivity index (χ0) is 28.4. The highest BCUT2D eigenvalue weighted by atomic mass is 16.2. The molecule has 2 fully saturated rings. The normalized spacial score (nSPS) is 16.2. The molecule has 8 nitrogen and oxygen atoms in total. The van der Waals surface area contributed by atoms with E-state index in [1.165, 1.54) is 0 Å². The van der Waals surface area contributed by atoms with Crippen LogP contribution in [0.1, 0.15) is 51.0 Å². The van der Waals surface area contributed by atoms with E-state index in [2.05, 4.69) is 46.4 Å². The fraction of sp³-hybridized carbons (Fsp3) is 0.375. The van der Waals surface area contributed by atoms with Crippen LogP contribution < -0.4 is 15.1 Å². The quantitative estimate of drug-likeness (QED) is 0.506. The number of carbonyl (C=O) groups is 2. The molecule has 2 aliphatic rings. The number of anilines is 3. The van der Waals surface area contributed by atoms with Crippen molar-refractivity contribution in [2.24, 2.45) is 0 Å². The number of benzene rings is 2. The number of aryl methyl sites for hydroxylation is 3. The van der Waals surface area contributed by atoms with Crippen molar-refractivity contribution >= 4 is 29.0 Å². The molecule has 3 aromatic rings. The van der Waals surface area contributed by atoms with Gasteiger partial charge in [0.15, 0.2) is 0 Å². The van der Waals surface area contributed by atoms with Crippen molar-refractivity contribution in [3.05, 3.63) is 82.0 Å². The second kappa shape index (κ2) is 11.4. The maximum atomic E-state index is 13.7. The van der Waals surface area contributed by atoms with Crippen LogP contribution in [0.3, 0.4) is 0 Å². The van der Waals surface area contributed by atoms with Gasteiger partial charge in [0.2, 0.25) is 5.91 Å². The zero-order valence-corrected chi connectivity index (χ0v) is 23.7. The van der Waals surface area contributed by atoms with E-state index in [1.807, 2.05) is 45.0 Å². The Kier molecular flexibility index (Phi) is 7.74. The minimum Gasteiger partial charge on any atom is -0.382 e. The summed E-state index contributed by atoms with van der Waals surface area (Å²) in [5.74, 6) is 0.385. The Morgan fingerprint density at radius 1 is 1.00 bits per heavy atom. The van der Waals surface area contributed by atoms with Crippen molar-refractivity contribution in [3.63, 3.8) is 0 Å². The van der Waals surface area contributed by atoms with Gasteiger partial charge in [-0.05, 0) is 87.1 Å². The predicted molar refractivity (Wildman–Crippen MR) is 158 cm³/mol. The van der Waals surface area contributed by atoms with Crippen molar-refractivity contribution < 1.29 is 9.59 Å². The molecular formula is C32H36N6O2. The van der Waals surface area contributed by atoms with E-state index < -0.39 is 0 Å². The number of hydrogen-bond acceptors (Lipinski definition) is 6. The molecule has 40 heavy (non-hydrogen) atoms. The van der Waals surface area contributed by atoms with E-state index in [1.54, 1.807) is 16.0 Å². The lowest BCUT2D eigenvalue weighted by molar-refractivity contribution is -0.120. The molecule has 3 heterocycles. The summed E-state index contributed by atoms with van der Waals surface area (Å²) in [6, 6.07) is 16.2. The fourth-order valence-electron chi connectivity index (χ4n) is 5.98. The molecule has 0 unspecified atom stereocenters. The summed E-state index contributed by atoms with van der Waals surface area (Å²) in [4.78, 5) is 36.6. The predicted octanol–water partition coefficient (Wildman–Crippen LogP) is 4.76. The van der Waals surface area contributed by atoms with Crippen LogP contribution in [-0.2, 0) is 4.79 Å². The molecule has 5 rings (SSSR count). The molecular weight excluding hydrogens is 500 g/mol. The lowest BCUT2D eigenvalue weighted by Crippen LogP contribution is -2.52. The Balaban J connectivity index is 1.28. The number of carbonyl (C=O) groups excluding carboxylic acids is 2. The van der Waals surface area contributed by atoms with Gasteiger partial charge in [0.1, 0.15) is 18.4 Å². The second-order valence-electron chi connectivity index (χ2n) is 10.9. The number of nitrogens with zero attached hydrogens (tertiary/aromatic N) is 5. The fourth-order valence-corrected chi connectivity index (χ4v) is 5.98. The molecule has 0 bridgehead atoms. The Morgan fingerprint density at radius 2 is 1.77 bits per heavy atom. The van der Waals surface area contributed by atoms with Crippen LogP contribution in [0.25, 0.3) is 0 Å². The SMILES string of the molecule is Cc1ccc(N2CCC(Nc3c(C)cc(C)c(C(=O)N4CCN(c5ccccn5)C(=O)C4)c3C)CC2)c(C#N)c1. The van der Waals surface area contributed by atoms with Crippen molar-refractivity contribution in [3.8, 4) is 6.07 Å². The Hall–Kier alpha value is -4.38.